The molecule has 1 heterocycles. The highest BCUT2D eigenvalue weighted by Crippen LogP contribution is 2.38. The van der Waals surface area contributed by atoms with Gasteiger partial charge >= 0.3 is 0 Å². The highest BCUT2D eigenvalue weighted by Gasteiger charge is 2.28. The number of hydrogen-bond acceptors (Lipinski definition) is 7. The van der Waals surface area contributed by atoms with Gasteiger partial charge in [0.1, 0.15) is 10.6 Å². The van der Waals surface area contributed by atoms with E-state index in [-0.39, 0.29) is 17.2 Å². The second-order valence-corrected chi connectivity index (χ2v) is 9.10. The van der Waals surface area contributed by atoms with Crippen molar-refractivity contribution < 1.29 is 19.2 Å². The van der Waals surface area contributed by atoms with Gasteiger partial charge in [-0.1, -0.05) is 0 Å². The smallest absolute Gasteiger partial charge is 0.282 e. The molecule has 2 amide bonds. The van der Waals surface area contributed by atoms with Crippen molar-refractivity contribution in [1.29, 1.82) is 0 Å². The Morgan fingerprint density at radius 1 is 1.26 bits per heavy atom. The van der Waals surface area contributed by atoms with Crippen LogP contribution in [0.1, 0.15) is 50.4 Å². The number of benzene rings is 1. The molecule has 0 unspecified atom stereocenters. The first-order valence-electron chi connectivity index (χ1n) is 10.0. The predicted molar refractivity (Wildman–Crippen MR) is 123 cm³/mol. The normalized spacial score (nSPS) is 12.8. The van der Waals surface area contributed by atoms with E-state index in [1.165, 1.54) is 35.2 Å². The maximum atomic E-state index is 13.0. The number of rotatable bonds is 9. The second-order valence-electron chi connectivity index (χ2n) is 7.11. The van der Waals surface area contributed by atoms with E-state index in [1.54, 1.807) is 13.2 Å². The number of nitro benzene ring substituents is 1. The molecule has 166 valence electrons. The van der Waals surface area contributed by atoms with Gasteiger partial charge in [0.2, 0.25) is 0 Å². The van der Waals surface area contributed by atoms with Crippen molar-refractivity contribution >= 4 is 45.6 Å². The molecule has 1 aromatic heterocycles. The largest absolute Gasteiger partial charge is 0.385 e. The zero-order valence-electron chi connectivity index (χ0n) is 17.5. The Morgan fingerprint density at radius 2 is 2.03 bits per heavy atom. The Morgan fingerprint density at radius 3 is 2.74 bits per heavy atom. The molecule has 0 saturated carbocycles. The van der Waals surface area contributed by atoms with Gasteiger partial charge in [-0.2, -0.15) is 0 Å². The molecule has 2 aromatic rings. The van der Waals surface area contributed by atoms with Gasteiger partial charge in [-0.05, 0) is 56.1 Å². The Balaban J connectivity index is 1.91. The molecule has 8 nitrogen and oxygen atoms in total. The summed E-state index contributed by atoms with van der Waals surface area (Å²) in [5.74, 6) is -0.826. The van der Waals surface area contributed by atoms with Crippen LogP contribution in [0.15, 0.2) is 23.1 Å². The first-order valence-corrected chi connectivity index (χ1v) is 12.1. The summed E-state index contributed by atoms with van der Waals surface area (Å²) in [6.07, 6.45) is 6.19. The maximum absolute atomic E-state index is 13.0. The number of thiophene rings is 1. The lowest BCUT2D eigenvalue weighted by Gasteiger charge is -2.13. The van der Waals surface area contributed by atoms with Crippen LogP contribution in [0.2, 0.25) is 0 Å². The van der Waals surface area contributed by atoms with Gasteiger partial charge in [-0.3, -0.25) is 19.7 Å². The third-order valence-corrected chi connectivity index (χ3v) is 7.01. The third kappa shape index (κ3) is 5.44. The minimum Gasteiger partial charge on any atom is -0.385 e. The highest BCUT2D eigenvalue weighted by molar-refractivity contribution is 7.98. The summed E-state index contributed by atoms with van der Waals surface area (Å²) < 4.78 is 5.02. The van der Waals surface area contributed by atoms with E-state index in [4.69, 9.17) is 4.74 Å². The molecule has 0 aliphatic heterocycles. The van der Waals surface area contributed by atoms with Crippen LogP contribution in [-0.2, 0) is 17.6 Å². The minimum absolute atomic E-state index is 0.0188. The van der Waals surface area contributed by atoms with Crippen LogP contribution in [0, 0.1) is 10.1 Å². The van der Waals surface area contributed by atoms with E-state index in [1.807, 2.05) is 6.26 Å². The number of nitrogens with one attached hydrogen (secondary N) is 2. The van der Waals surface area contributed by atoms with Crippen molar-refractivity contribution in [3.63, 3.8) is 0 Å². The standard InChI is InChI=1S/C21H25N3O5S2/c1-29-11-5-10-22-20(26)18-14-6-3-4-7-17(14)31-21(18)23-19(25)15-12-13(30-2)8-9-16(15)24(27)28/h8-9,12H,3-7,10-11H2,1-2H3,(H,22,26)(H,23,25). The number of thioether (sulfide) groups is 1. The summed E-state index contributed by atoms with van der Waals surface area (Å²) in [6, 6.07) is 4.46. The van der Waals surface area contributed by atoms with Gasteiger partial charge in [0.15, 0.2) is 0 Å². The van der Waals surface area contributed by atoms with E-state index >= 15 is 0 Å². The van der Waals surface area contributed by atoms with Crippen LogP contribution in [0.5, 0.6) is 0 Å². The van der Waals surface area contributed by atoms with Crippen molar-refractivity contribution in [3.05, 3.63) is 49.9 Å². The van der Waals surface area contributed by atoms with Crippen molar-refractivity contribution in [1.82, 2.24) is 5.32 Å². The Labute approximate surface area is 188 Å². The molecule has 1 aliphatic carbocycles. The fourth-order valence-corrected chi connectivity index (χ4v) is 5.28. The Hall–Kier alpha value is -2.43. The number of carbonyl (C=O) groups is 2. The van der Waals surface area contributed by atoms with E-state index in [0.717, 1.165) is 41.0 Å². The van der Waals surface area contributed by atoms with Gasteiger partial charge in [0.05, 0.1) is 10.5 Å². The summed E-state index contributed by atoms with van der Waals surface area (Å²) in [7, 11) is 1.61. The van der Waals surface area contributed by atoms with E-state index in [2.05, 4.69) is 10.6 Å². The molecule has 0 fully saturated rings. The van der Waals surface area contributed by atoms with Crippen molar-refractivity contribution in [3.8, 4) is 0 Å². The molecule has 1 aromatic carbocycles. The zero-order valence-corrected chi connectivity index (χ0v) is 19.1. The molecule has 0 radical (unpaired) electrons. The topological polar surface area (TPSA) is 111 Å². The fourth-order valence-electron chi connectivity index (χ4n) is 3.55. The zero-order chi connectivity index (χ0) is 22.4. The lowest BCUT2D eigenvalue weighted by atomic mass is 9.95. The fraction of sp³-hybridized carbons (Fsp3) is 0.429. The predicted octanol–water partition coefficient (Wildman–Crippen LogP) is 4.28. The number of aryl methyl sites for hydroxylation is 1. The second kappa shape index (κ2) is 10.7. The van der Waals surface area contributed by atoms with Crippen LogP contribution in [0.25, 0.3) is 0 Å². The van der Waals surface area contributed by atoms with Crippen molar-refractivity contribution in [2.75, 3.05) is 31.8 Å². The monoisotopic (exact) mass is 463 g/mol. The molecule has 0 bridgehead atoms. The number of nitro groups is 1. The number of hydrogen-bond donors (Lipinski definition) is 2. The van der Waals surface area contributed by atoms with E-state index < -0.39 is 10.8 Å². The summed E-state index contributed by atoms with van der Waals surface area (Å²) in [4.78, 5) is 38.7. The lowest BCUT2D eigenvalue weighted by Crippen LogP contribution is -2.27. The molecular weight excluding hydrogens is 438 g/mol. The molecule has 10 heteroatoms. The number of nitrogens with zero attached hydrogens (tertiary/aromatic N) is 1. The molecule has 0 saturated heterocycles. The molecule has 2 N–H and O–H groups in total. The number of amides is 2. The lowest BCUT2D eigenvalue weighted by molar-refractivity contribution is -0.385. The molecular formula is C21H25N3O5S2. The average molecular weight is 464 g/mol. The molecule has 1 aliphatic rings. The van der Waals surface area contributed by atoms with Crippen molar-refractivity contribution in [2.45, 2.75) is 37.0 Å². The van der Waals surface area contributed by atoms with Gasteiger partial charge < -0.3 is 15.4 Å². The van der Waals surface area contributed by atoms with E-state index in [9.17, 15) is 19.7 Å². The quantitative estimate of drug-likeness (QED) is 0.249. The molecule has 0 spiro atoms. The summed E-state index contributed by atoms with van der Waals surface area (Å²) in [5, 5.41) is 17.6. The number of anilines is 1. The van der Waals surface area contributed by atoms with Gasteiger partial charge in [-0.15, -0.1) is 23.1 Å². The van der Waals surface area contributed by atoms with Crippen molar-refractivity contribution in [2.24, 2.45) is 0 Å². The van der Waals surface area contributed by atoms with E-state index in [0.29, 0.717) is 30.1 Å². The Kier molecular flexibility index (Phi) is 8.05. The summed E-state index contributed by atoms with van der Waals surface area (Å²) in [6.45, 7) is 1.01. The van der Waals surface area contributed by atoms with Crippen LogP contribution < -0.4 is 10.6 Å². The number of ether oxygens (including phenoxy) is 1. The van der Waals surface area contributed by atoms with Crippen LogP contribution in [-0.4, -0.2) is 43.3 Å². The van der Waals surface area contributed by atoms with Gasteiger partial charge in [0.25, 0.3) is 17.5 Å². The SMILES string of the molecule is COCCCNC(=O)c1c(NC(=O)c2cc(SC)ccc2[N+](=O)[O-])sc2c1CCCC2. The van der Waals surface area contributed by atoms with Gasteiger partial charge in [0, 0.05) is 36.1 Å². The Bertz CT molecular complexity index is 990. The molecule has 31 heavy (non-hydrogen) atoms. The van der Waals surface area contributed by atoms with Crippen LogP contribution >= 0.6 is 23.1 Å². The van der Waals surface area contributed by atoms with Crippen LogP contribution in [0.4, 0.5) is 10.7 Å². The van der Waals surface area contributed by atoms with Crippen LogP contribution in [0.3, 0.4) is 0 Å². The highest BCUT2D eigenvalue weighted by atomic mass is 32.2. The minimum atomic E-state index is -0.588. The number of carbonyl (C=O) groups excluding carboxylic acids is 2. The number of fused-ring (bicyclic) bond motifs is 1. The maximum Gasteiger partial charge on any atom is 0.282 e. The first kappa shape index (κ1) is 23.2. The molecule has 3 rings (SSSR count). The summed E-state index contributed by atoms with van der Waals surface area (Å²) >= 11 is 2.78. The van der Waals surface area contributed by atoms with Gasteiger partial charge in [-0.25, -0.2) is 0 Å². The summed E-state index contributed by atoms with van der Waals surface area (Å²) in [5.41, 5.74) is 1.18. The molecule has 0 atom stereocenters. The third-order valence-electron chi connectivity index (χ3n) is 5.08. The average Bonchev–Trinajstić information content (AvgIpc) is 3.13. The number of methoxy groups -OCH3 is 1. The first-order chi connectivity index (χ1) is 15.0.